The van der Waals surface area contributed by atoms with Gasteiger partial charge in [-0.2, -0.15) is 0 Å². The third-order valence-corrected chi connectivity index (χ3v) is 15.4. The molecule has 0 heterocycles. The van der Waals surface area contributed by atoms with Gasteiger partial charge < -0.3 is 28.5 Å². The summed E-state index contributed by atoms with van der Waals surface area (Å²) < 4.78 is 30.4. The van der Waals surface area contributed by atoms with Crippen molar-refractivity contribution in [2.75, 3.05) is 40.9 Å². The number of phosphoric ester groups is 1. The van der Waals surface area contributed by atoms with Gasteiger partial charge in [-0.05, 0) is 89.5 Å². The summed E-state index contributed by atoms with van der Waals surface area (Å²) in [6, 6.07) is -0.890. The van der Waals surface area contributed by atoms with Gasteiger partial charge in [-0.25, -0.2) is 0 Å². The minimum absolute atomic E-state index is 0.0228. The Balaban J connectivity index is 5.20. The van der Waals surface area contributed by atoms with E-state index >= 15 is 0 Å². The molecule has 0 radical (unpaired) electrons. The molecule has 0 bridgehead atoms. The fourth-order valence-corrected chi connectivity index (χ4v) is 10.2. The Bertz CT molecular complexity index is 1440. The van der Waals surface area contributed by atoms with Gasteiger partial charge in [0.2, 0.25) is 5.91 Å². The molecule has 0 aliphatic rings. The van der Waals surface area contributed by atoms with Crippen molar-refractivity contribution in [2.24, 2.45) is 0 Å². The Hall–Kier alpha value is -2.03. The van der Waals surface area contributed by atoms with Crippen molar-refractivity contribution in [1.29, 1.82) is 0 Å². The summed E-state index contributed by atoms with van der Waals surface area (Å²) in [6.45, 7) is 6.84. The number of amides is 1. The second-order valence-corrected chi connectivity index (χ2v) is 24.7. The molecule has 0 aliphatic carbocycles. The summed E-state index contributed by atoms with van der Waals surface area (Å²) in [6.07, 6.45) is 69.3. The number of quaternary nitrogens is 1. The summed E-state index contributed by atoms with van der Waals surface area (Å²) in [4.78, 5) is 40.0. The van der Waals surface area contributed by atoms with Gasteiger partial charge in [-0.3, -0.25) is 14.2 Å². The normalized spacial score (nSPS) is 13.9. The average Bonchev–Trinajstić information content (AvgIpc) is 3.38. The van der Waals surface area contributed by atoms with Crippen molar-refractivity contribution in [2.45, 2.75) is 322 Å². The van der Waals surface area contributed by atoms with Crippen molar-refractivity contribution in [3.8, 4) is 0 Å². The Kier molecular flexibility index (Phi) is 54.7. The van der Waals surface area contributed by atoms with E-state index in [0.29, 0.717) is 17.4 Å². The molecule has 1 N–H and O–H groups in total. The summed E-state index contributed by atoms with van der Waals surface area (Å²) in [7, 11) is 1.19. The minimum atomic E-state index is -4.70. The first kappa shape index (κ1) is 74.0. The first-order valence-corrected chi connectivity index (χ1v) is 33.9. The molecular formula is C66H125N2O7P. The number of carbonyl (C=O) groups is 2. The number of hydrogen-bond donors (Lipinski definition) is 1. The maximum atomic E-state index is 13.5. The van der Waals surface area contributed by atoms with Crippen LogP contribution in [0.15, 0.2) is 48.6 Å². The van der Waals surface area contributed by atoms with Crippen molar-refractivity contribution in [1.82, 2.24) is 5.32 Å². The number of hydrogen-bond acceptors (Lipinski definition) is 7. The molecule has 10 heteroatoms. The van der Waals surface area contributed by atoms with Crippen LogP contribution in [0, 0.1) is 0 Å². The van der Waals surface area contributed by atoms with Crippen LogP contribution in [0.4, 0.5) is 0 Å². The fraction of sp³-hybridized carbons (Fsp3) is 0.848. The van der Waals surface area contributed by atoms with E-state index in [-0.39, 0.29) is 31.5 Å². The molecule has 0 aromatic carbocycles. The number of allylic oxidation sites excluding steroid dienone is 7. The molecule has 1 amide bonds. The fourth-order valence-electron chi connectivity index (χ4n) is 9.43. The minimum Gasteiger partial charge on any atom is -0.756 e. The molecule has 0 aromatic heterocycles. The number of nitrogens with zero attached hydrogens (tertiary/aromatic N) is 1. The SMILES string of the molecule is CCCCC/C=C\C/C=C\CCCCCCCCCCCC(=O)OC(/C=C/CCCCCCCCCCCC)C(COP(=O)([O-])OCC[N+](C)(C)C)NC(=O)CCCCCCCCCCC/C=C/CCCCCCCC. The van der Waals surface area contributed by atoms with Crippen LogP contribution in [-0.2, 0) is 27.9 Å². The number of rotatable bonds is 59. The number of carbonyl (C=O) groups excluding carboxylic acids is 2. The Labute approximate surface area is 471 Å². The number of likely N-dealkylation sites (N-methyl/N-ethyl adjacent to an activating group) is 1. The number of unbranched alkanes of at least 4 members (excludes halogenated alkanes) is 37. The standard InChI is InChI=1S/C66H125N2O7P/c1-7-10-13-16-19-22-25-28-30-32-34-36-38-40-43-46-49-52-55-58-65(69)67-63(62-74-76(71,72)73-61-60-68(4,5)6)64(57-54-51-48-45-42-27-24-21-18-15-12-9-3)75-66(70)59-56-53-50-47-44-41-39-37-35-33-31-29-26-23-20-17-14-11-8-2/h20,23,28-31,54,57,63-64H,7-19,21-22,24-27,32-53,55-56,58-62H2,1-6H3,(H-,67,69,71,72)/b23-20-,30-28+,31-29-,57-54+. The quantitative estimate of drug-likeness (QED) is 0.0212. The largest absolute Gasteiger partial charge is 0.756 e. The molecule has 0 aromatic rings. The van der Waals surface area contributed by atoms with E-state index in [1.54, 1.807) is 0 Å². The average molecular weight is 1090 g/mol. The van der Waals surface area contributed by atoms with Crippen LogP contribution in [0.5, 0.6) is 0 Å². The van der Waals surface area contributed by atoms with Crippen molar-refractivity contribution in [3.63, 3.8) is 0 Å². The van der Waals surface area contributed by atoms with E-state index in [1.165, 1.54) is 212 Å². The van der Waals surface area contributed by atoms with Gasteiger partial charge in [-0.1, -0.05) is 256 Å². The van der Waals surface area contributed by atoms with Crippen LogP contribution < -0.4 is 10.2 Å². The molecule has 0 fully saturated rings. The topological polar surface area (TPSA) is 114 Å². The number of nitrogens with one attached hydrogen (secondary N) is 1. The highest BCUT2D eigenvalue weighted by molar-refractivity contribution is 7.45. The predicted octanol–water partition coefficient (Wildman–Crippen LogP) is 19.4. The van der Waals surface area contributed by atoms with Gasteiger partial charge >= 0.3 is 5.97 Å². The molecule has 9 nitrogen and oxygen atoms in total. The molecule has 0 aliphatic heterocycles. The van der Waals surface area contributed by atoms with Crippen LogP contribution in [0.3, 0.4) is 0 Å². The zero-order valence-corrected chi connectivity index (χ0v) is 51.9. The third kappa shape index (κ3) is 56.7. The highest BCUT2D eigenvalue weighted by atomic mass is 31.2. The van der Waals surface area contributed by atoms with E-state index in [2.05, 4.69) is 62.5 Å². The molecule has 76 heavy (non-hydrogen) atoms. The highest BCUT2D eigenvalue weighted by Gasteiger charge is 2.27. The van der Waals surface area contributed by atoms with Crippen LogP contribution in [0.2, 0.25) is 0 Å². The molecule has 3 atom stereocenters. The summed E-state index contributed by atoms with van der Waals surface area (Å²) in [5.74, 6) is -0.538. The summed E-state index contributed by atoms with van der Waals surface area (Å²) in [5, 5.41) is 3.04. The van der Waals surface area contributed by atoms with E-state index in [4.69, 9.17) is 13.8 Å². The summed E-state index contributed by atoms with van der Waals surface area (Å²) >= 11 is 0. The summed E-state index contributed by atoms with van der Waals surface area (Å²) in [5.41, 5.74) is 0. The first-order valence-electron chi connectivity index (χ1n) is 32.4. The van der Waals surface area contributed by atoms with E-state index < -0.39 is 20.0 Å². The third-order valence-electron chi connectivity index (χ3n) is 14.5. The number of phosphoric acid groups is 1. The molecular weight excluding hydrogens is 964 g/mol. The van der Waals surface area contributed by atoms with Crippen molar-refractivity contribution >= 4 is 19.7 Å². The van der Waals surface area contributed by atoms with Gasteiger partial charge in [0.15, 0.2) is 0 Å². The smallest absolute Gasteiger partial charge is 0.306 e. The molecule has 3 unspecified atom stereocenters. The highest BCUT2D eigenvalue weighted by Crippen LogP contribution is 2.38. The van der Waals surface area contributed by atoms with Crippen molar-refractivity contribution < 1.29 is 37.3 Å². The van der Waals surface area contributed by atoms with E-state index in [1.807, 2.05) is 33.3 Å². The van der Waals surface area contributed by atoms with Gasteiger partial charge in [0.1, 0.15) is 19.3 Å². The molecule has 0 spiro atoms. The Morgan fingerprint density at radius 2 is 0.803 bits per heavy atom. The lowest BCUT2D eigenvalue weighted by Crippen LogP contribution is -2.47. The number of esters is 1. The second-order valence-electron chi connectivity index (χ2n) is 23.3. The van der Waals surface area contributed by atoms with Crippen LogP contribution in [0.1, 0.15) is 310 Å². The Morgan fingerprint density at radius 1 is 0.461 bits per heavy atom. The first-order chi connectivity index (χ1) is 36.9. The maximum absolute atomic E-state index is 13.5. The zero-order valence-electron chi connectivity index (χ0n) is 51.0. The molecule has 0 saturated carbocycles. The lowest BCUT2D eigenvalue weighted by molar-refractivity contribution is -0.870. The van der Waals surface area contributed by atoms with Gasteiger partial charge in [0.25, 0.3) is 7.82 Å². The van der Waals surface area contributed by atoms with Crippen molar-refractivity contribution in [3.05, 3.63) is 48.6 Å². The lowest BCUT2D eigenvalue weighted by atomic mass is 10.0. The van der Waals surface area contributed by atoms with E-state index in [9.17, 15) is 19.0 Å². The van der Waals surface area contributed by atoms with Crippen LogP contribution >= 0.6 is 7.82 Å². The number of ether oxygens (including phenoxy) is 1. The van der Waals surface area contributed by atoms with E-state index in [0.717, 1.165) is 64.2 Å². The van der Waals surface area contributed by atoms with Crippen LogP contribution in [-0.4, -0.2) is 69.4 Å². The zero-order chi connectivity index (χ0) is 55.7. The maximum Gasteiger partial charge on any atom is 0.306 e. The second kappa shape index (κ2) is 56.3. The van der Waals surface area contributed by atoms with Crippen LogP contribution in [0.25, 0.3) is 0 Å². The lowest BCUT2D eigenvalue weighted by Gasteiger charge is -2.30. The molecule has 0 rings (SSSR count). The monoisotopic (exact) mass is 1090 g/mol. The van der Waals surface area contributed by atoms with Gasteiger partial charge in [-0.15, -0.1) is 0 Å². The predicted molar refractivity (Wildman–Crippen MR) is 326 cm³/mol. The molecule has 0 saturated heterocycles. The van der Waals surface area contributed by atoms with Gasteiger partial charge in [0.05, 0.1) is 33.8 Å². The van der Waals surface area contributed by atoms with Gasteiger partial charge in [0, 0.05) is 12.8 Å². The Morgan fingerprint density at radius 3 is 1.22 bits per heavy atom. The molecule has 446 valence electrons.